The molecule has 4 unspecified atom stereocenters. The smallest absolute Gasteiger partial charge is 0.351 e. The summed E-state index contributed by atoms with van der Waals surface area (Å²) in [5, 5.41) is 0. The van der Waals surface area contributed by atoms with Crippen LogP contribution >= 0.6 is 23.5 Å². The standard InChI is InChI=1S/C9H16N3O12P3/c10-7-3-4-12(9(13)11-7)8-2-1-6(22-8)5-21-26(17,18)24-27(19,20)23-25(14,15)16/h3-4,6,8H,1-2,5H2,(H,17,18)(H,19,20)(H2,10,11,13)(H2,14,15,16)/p-4. The van der Waals surface area contributed by atoms with Crippen LogP contribution in [0.5, 0.6) is 0 Å². The Labute approximate surface area is 151 Å². The van der Waals surface area contributed by atoms with Crippen molar-refractivity contribution >= 4 is 29.3 Å². The topological polar surface area (TPSA) is 241 Å². The Hall–Kier alpha value is -0.950. The van der Waals surface area contributed by atoms with Gasteiger partial charge in [0.2, 0.25) is 0 Å². The number of hydrogen-bond acceptors (Lipinski definition) is 14. The van der Waals surface area contributed by atoms with E-state index in [1.807, 2.05) is 0 Å². The average Bonchev–Trinajstić information content (AvgIpc) is 2.90. The summed E-state index contributed by atoms with van der Waals surface area (Å²) < 4.78 is 49.9. The predicted molar refractivity (Wildman–Crippen MR) is 77.0 cm³/mol. The zero-order valence-electron chi connectivity index (χ0n) is 13.1. The maximum Gasteiger partial charge on any atom is 0.351 e. The number of aromatic nitrogens is 2. The number of hydrogen-bond donors (Lipinski definition) is 1. The number of nitrogens with two attached hydrogens (primary N) is 1. The molecule has 4 atom stereocenters. The lowest BCUT2D eigenvalue weighted by Gasteiger charge is -2.37. The minimum Gasteiger partial charge on any atom is -0.790 e. The van der Waals surface area contributed by atoms with Crippen molar-refractivity contribution < 1.29 is 51.2 Å². The van der Waals surface area contributed by atoms with E-state index < -0.39 is 48.1 Å². The fourth-order valence-corrected chi connectivity index (χ4v) is 5.00. The highest BCUT2D eigenvalue weighted by molar-refractivity contribution is 7.64. The highest BCUT2D eigenvalue weighted by atomic mass is 31.3. The number of phosphoric acid groups is 3. The zero-order chi connectivity index (χ0) is 20.5. The van der Waals surface area contributed by atoms with E-state index in [9.17, 15) is 38.1 Å². The molecule has 2 N–H and O–H groups in total. The quantitative estimate of drug-likeness (QED) is 0.399. The van der Waals surface area contributed by atoms with Crippen LogP contribution in [-0.4, -0.2) is 22.3 Å². The van der Waals surface area contributed by atoms with E-state index in [4.69, 9.17) is 10.5 Å². The fourth-order valence-electron chi connectivity index (χ4n) is 2.12. The van der Waals surface area contributed by atoms with Gasteiger partial charge in [-0.15, -0.1) is 0 Å². The summed E-state index contributed by atoms with van der Waals surface area (Å²) in [6, 6.07) is 1.35. The first kappa shape index (κ1) is 22.3. The van der Waals surface area contributed by atoms with E-state index in [2.05, 4.69) is 18.1 Å². The van der Waals surface area contributed by atoms with Crippen LogP contribution in [0.2, 0.25) is 0 Å². The van der Waals surface area contributed by atoms with Gasteiger partial charge in [-0.05, 0) is 18.9 Å². The lowest BCUT2D eigenvalue weighted by Crippen LogP contribution is -2.28. The van der Waals surface area contributed by atoms with Crippen molar-refractivity contribution in [2.75, 3.05) is 12.3 Å². The molecule has 2 heterocycles. The van der Waals surface area contributed by atoms with Gasteiger partial charge in [-0.1, -0.05) is 0 Å². The Bertz CT molecular complexity index is 882. The number of nitrogen functional groups attached to an aromatic ring is 1. The lowest BCUT2D eigenvalue weighted by molar-refractivity contribution is -0.339. The molecule has 27 heavy (non-hydrogen) atoms. The molecule has 0 bridgehead atoms. The maximum atomic E-state index is 11.7. The highest BCUT2D eigenvalue weighted by Gasteiger charge is 2.30. The van der Waals surface area contributed by atoms with Gasteiger partial charge in [-0.2, -0.15) is 4.98 Å². The van der Waals surface area contributed by atoms with Crippen LogP contribution in [0.15, 0.2) is 17.1 Å². The van der Waals surface area contributed by atoms with Crippen LogP contribution in [0, 0.1) is 0 Å². The van der Waals surface area contributed by atoms with Gasteiger partial charge in [-0.25, -0.2) is 9.11 Å². The van der Waals surface area contributed by atoms with Crippen molar-refractivity contribution in [1.29, 1.82) is 0 Å². The second-order valence-corrected chi connectivity index (χ2v) is 9.38. The molecule has 0 aliphatic carbocycles. The number of anilines is 1. The number of ether oxygens (including phenoxy) is 1. The molecule has 1 aromatic heterocycles. The normalized spacial score (nSPS) is 25.0. The molecule has 15 nitrogen and oxygen atoms in total. The van der Waals surface area contributed by atoms with Crippen LogP contribution < -0.4 is 31.0 Å². The number of nitrogens with zero attached hydrogens (tertiary/aromatic N) is 2. The maximum absolute atomic E-state index is 11.7. The molecule has 1 fully saturated rings. The minimum absolute atomic E-state index is 0.00328. The Balaban J connectivity index is 1.91. The summed E-state index contributed by atoms with van der Waals surface area (Å²) in [5.74, 6) is 0.00328. The van der Waals surface area contributed by atoms with Crippen LogP contribution in [0.25, 0.3) is 0 Å². The molecule has 1 saturated heterocycles. The molecule has 0 radical (unpaired) electrons. The van der Waals surface area contributed by atoms with Crippen molar-refractivity contribution in [2.24, 2.45) is 0 Å². The largest absolute Gasteiger partial charge is 0.790 e. The van der Waals surface area contributed by atoms with Crippen molar-refractivity contribution in [2.45, 2.75) is 25.2 Å². The number of phosphoric ester groups is 1. The molecular weight excluding hydrogens is 435 g/mol. The highest BCUT2D eigenvalue weighted by Crippen LogP contribution is 2.60. The van der Waals surface area contributed by atoms with Crippen LogP contribution in [-0.2, 0) is 31.6 Å². The Kier molecular flexibility index (Phi) is 6.78. The average molecular weight is 447 g/mol. The first-order valence-corrected chi connectivity index (χ1v) is 11.4. The monoisotopic (exact) mass is 447 g/mol. The van der Waals surface area contributed by atoms with E-state index in [0.717, 1.165) is 4.57 Å². The molecule has 18 heteroatoms. The third kappa shape index (κ3) is 7.18. The fraction of sp³-hybridized carbons (Fsp3) is 0.556. The minimum atomic E-state index is -6.05. The molecule has 0 saturated carbocycles. The molecule has 0 aromatic carbocycles. The van der Waals surface area contributed by atoms with E-state index >= 15 is 0 Å². The summed E-state index contributed by atoms with van der Waals surface area (Å²) in [4.78, 5) is 58.1. The SMILES string of the molecule is Nc1ccn(C2CCC(COP(=O)([O-])OP(=O)([O-])OP(=O)([O-])[O-])O2)c(=O)n1. The summed E-state index contributed by atoms with van der Waals surface area (Å²) in [6.07, 6.45) is 0.176. The van der Waals surface area contributed by atoms with Crippen molar-refractivity contribution in [3.8, 4) is 0 Å². The van der Waals surface area contributed by atoms with Gasteiger partial charge in [0.05, 0.1) is 20.5 Å². The van der Waals surface area contributed by atoms with E-state index in [1.54, 1.807) is 0 Å². The van der Waals surface area contributed by atoms with Gasteiger partial charge in [0.1, 0.15) is 12.0 Å². The van der Waals surface area contributed by atoms with Gasteiger partial charge in [0.25, 0.3) is 15.6 Å². The Morgan fingerprint density at radius 3 is 2.44 bits per heavy atom. The summed E-state index contributed by atoms with van der Waals surface area (Å²) in [7, 11) is -17.7. The molecule has 1 aromatic rings. The third-order valence-corrected chi connectivity index (χ3v) is 6.73. The Morgan fingerprint density at radius 2 is 1.85 bits per heavy atom. The molecule has 1 aliphatic heterocycles. The Morgan fingerprint density at radius 1 is 1.19 bits per heavy atom. The van der Waals surface area contributed by atoms with Crippen molar-refractivity contribution in [1.82, 2.24) is 9.55 Å². The molecule has 1 aliphatic rings. The summed E-state index contributed by atoms with van der Waals surface area (Å²) in [6.45, 7) is -0.708. The summed E-state index contributed by atoms with van der Waals surface area (Å²) >= 11 is 0. The first-order chi connectivity index (χ1) is 12.3. The molecular formula is C9H12N3O12P3-4. The molecule has 0 spiro atoms. The van der Waals surface area contributed by atoms with Gasteiger partial charge in [0, 0.05) is 6.20 Å². The second-order valence-electron chi connectivity index (χ2n) is 5.13. The van der Waals surface area contributed by atoms with Gasteiger partial charge in [-0.3, -0.25) is 18.0 Å². The van der Waals surface area contributed by atoms with Crippen molar-refractivity contribution in [3.63, 3.8) is 0 Å². The lowest BCUT2D eigenvalue weighted by atomic mass is 10.2. The van der Waals surface area contributed by atoms with Crippen LogP contribution in [0.1, 0.15) is 19.1 Å². The zero-order valence-corrected chi connectivity index (χ0v) is 15.8. The van der Waals surface area contributed by atoms with Gasteiger partial charge in [0.15, 0.2) is 0 Å². The molecule has 154 valence electrons. The van der Waals surface area contributed by atoms with Gasteiger partial charge >= 0.3 is 5.69 Å². The first-order valence-electron chi connectivity index (χ1n) is 6.98. The van der Waals surface area contributed by atoms with E-state index in [1.165, 1.54) is 12.3 Å². The van der Waals surface area contributed by atoms with E-state index in [0.29, 0.717) is 0 Å². The third-order valence-electron chi connectivity index (χ3n) is 3.07. The van der Waals surface area contributed by atoms with Crippen molar-refractivity contribution in [3.05, 3.63) is 22.7 Å². The molecule has 2 rings (SSSR count). The van der Waals surface area contributed by atoms with Crippen LogP contribution in [0.3, 0.4) is 0 Å². The number of rotatable bonds is 8. The molecule has 0 amide bonds. The van der Waals surface area contributed by atoms with E-state index in [-0.39, 0.29) is 18.7 Å². The van der Waals surface area contributed by atoms with Gasteiger partial charge < -0.3 is 39.1 Å². The summed E-state index contributed by atoms with van der Waals surface area (Å²) in [5.41, 5.74) is 4.67. The van der Waals surface area contributed by atoms with Crippen LogP contribution in [0.4, 0.5) is 5.82 Å². The predicted octanol–water partition coefficient (Wildman–Crippen LogP) is -2.68. The second kappa shape index (κ2) is 8.19.